The molecule has 0 bridgehead atoms. The average molecular weight is 445 g/mol. The summed E-state index contributed by atoms with van der Waals surface area (Å²) in [5, 5.41) is 2.91. The third-order valence-electron chi connectivity index (χ3n) is 3.08. The van der Waals surface area contributed by atoms with Crippen LogP contribution in [0.5, 0.6) is 0 Å². The van der Waals surface area contributed by atoms with Crippen LogP contribution in [0, 0.1) is 0 Å². The van der Waals surface area contributed by atoms with Crippen LogP contribution in [0.3, 0.4) is 0 Å². The van der Waals surface area contributed by atoms with Gasteiger partial charge in [-0.1, -0.05) is 0 Å². The molecule has 0 saturated carbocycles. The molecule has 1 aromatic heterocycles. The lowest BCUT2D eigenvalue weighted by Crippen LogP contribution is -2.42. The molecule has 1 saturated heterocycles. The molecule has 9 heteroatoms. The van der Waals surface area contributed by atoms with Gasteiger partial charge >= 0.3 is 11.9 Å². The topological polar surface area (TPSA) is 93.3 Å². The Hall–Kier alpha value is -1.87. The van der Waals surface area contributed by atoms with E-state index in [1.165, 1.54) is 20.0 Å². The van der Waals surface area contributed by atoms with Crippen LogP contribution in [0.4, 0.5) is 5.69 Å². The average Bonchev–Trinajstić information content (AvgIpc) is 2.87. The van der Waals surface area contributed by atoms with Crippen molar-refractivity contribution in [2.24, 2.45) is 0 Å². The Bertz CT molecular complexity index is 835. The third kappa shape index (κ3) is 2.98. The molecule has 0 radical (unpaired) electrons. The van der Waals surface area contributed by atoms with E-state index < -0.39 is 17.7 Å². The van der Waals surface area contributed by atoms with Crippen LogP contribution >= 0.6 is 31.9 Å². The van der Waals surface area contributed by atoms with Crippen molar-refractivity contribution in [1.82, 2.24) is 9.97 Å². The number of anilines is 1. The Morgan fingerprint density at radius 1 is 1.26 bits per heavy atom. The SMILES string of the molecule is CC1(C)OC(=O)C(=CNc2c(Br)cc3[nH]cnc3c2Br)C(=O)O1. The van der Waals surface area contributed by atoms with Gasteiger partial charge in [0.2, 0.25) is 0 Å². The normalized spacial score (nSPS) is 17.0. The van der Waals surface area contributed by atoms with Crippen molar-refractivity contribution in [1.29, 1.82) is 0 Å². The Balaban J connectivity index is 1.94. The van der Waals surface area contributed by atoms with E-state index in [1.54, 1.807) is 6.33 Å². The van der Waals surface area contributed by atoms with Gasteiger partial charge in [-0.15, -0.1) is 0 Å². The number of benzene rings is 1. The zero-order chi connectivity index (χ0) is 16.8. The summed E-state index contributed by atoms with van der Waals surface area (Å²) >= 11 is 6.87. The maximum Gasteiger partial charge on any atom is 0.350 e. The van der Waals surface area contributed by atoms with Crippen LogP contribution in [0.1, 0.15) is 13.8 Å². The van der Waals surface area contributed by atoms with Crippen molar-refractivity contribution in [3.05, 3.63) is 33.1 Å². The minimum Gasteiger partial charge on any atom is -0.419 e. The molecule has 2 heterocycles. The number of imidazole rings is 1. The molecule has 2 aromatic rings. The Kier molecular flexibility index (Phi) is 3.93. The molecule has 0 amide bonds. The summed E-state index contributed by atoms with van der Waals surface area (Å²) in [4.78, 5) is 31.0. The number of nitrogens with one attached hydrogen (secondary N) is 2. The van der Waals surface area contributed by atoms with E-state index in [1.807, 2.05) is 6.07 Å². The Labute approximate surface area is 147 Å². The lowest BCUT2D eigenvalue weighted by atomic mass is 10.2. The fraction of sp³-hybridized carbons (Fsp3) is 0.214. The summed E-state index contributed by atoms with van der Waals surface area (Å²) in [5.41, 5.74) is 1.94. The van der Waals surface area contributed by atoms with Crippen molar-refractivity contribution < 1.29 is 19.1 Å². The molecule has 0 aliphatic carbocycles. The number of rotatable bonds is 2. The number of cyclic esters (lactones) is 2. The van der Waals surface area contributed by atoms with E-state index in [0.29, 0.717) is 15.7 Å². The van der Waals surface area contributed by atoms with E-state index in [-0.39, 0.29) is 5.57 Å². The number of fused-ring (bicyclic) bond motifs is 1. The first-order valence-electron chi connectivity index (χ1n) is 6.53. The van der Waals surface area contributed by atoms with Crippen LogP contribution in [-0.2, 0) is 19.1 Å². The number of esters is 2. The zero-order valence-electron chi connectivity index (χ0n) is 12.1. The smallest absolute Gasteiger partial charge is 0.350 e. The van der Waals surface area contributed by atoms with Gasteiger partial charge in [-0.05, 0) is 37.9 Å². The number of carbonyl (C=O) groups excluding carboxylic acids is 2. The van der Waals surface area contributed by atoms with Crippen molar-refractivity contribution >= 4 is 60.5 Å². The van der Waals surface area contributed by atoms with E-state index in [4.69, 9.17) is 9.47 Å². The molecular formula is C14H11Br2N3O4. The van der Waals surface area contributed by atoms with E-state index >= 15 is 0 Å². The molecule has 0 unspecified atom stereocenters. The highest BCUT2D eigenvalue weighted by atomic mass is 79.9. The predicted octanol–water partition coefficient (Wildman–Crippen LogP) is 3.22. The second kappa shape index (κ2) is 5.64. The second-order valence-electron chi connectivity index (χ2n) is 5.23. The number of hydrogen-bond donors (Lipinski definition) is 2. The predicted molar refractivity (Wildman–Crippen MR) is 89.5 cm³/mol. The summed E-state index contributed by atoms with van der Waals surface area (Å²) < 4.78 is 11.5. The summed E-state index contributed by atoms with van der Waals surface area (Å²) in [6.07, 6.45) is 2.82. The fourth-order valence-corrected chi connectivity index (χ4v) is 3.52. The van der Waals surface area contributed by atoms with Crippen LogP contribution < -0.4 is 5.32 Å². The largest absolute Gasteiger partial charge is 0.419 e. The molecule has 23 heavy (non-hydrogen) atoms. The number of aromatic nitrogens is 2. The first-order chi connectivity index (χ1) is 10.8. The van der Waals surface area contributed by atoms with Crippen molar-refractivity contribution in [2.45, 2.75) is 19.6 Å². The molecule has 1 fully saturated rings. The Morgan fingerprint density at radius 2 is 1.91 bits per heavy atom. The van der Waals surface area contributed by atoms with E-state index in [0.717, 1.165) is 9.99 Å². The zero-order valence-corrected chi connectivity index (χ0v) is 15.2. The van der Waals surface area contributed by atoms with Gasteiger partial charge in [0.25, 0.3) is 5.79 Å². The van der Waals surface area contributed by atoms with E-state index in [9.17, 15) is 9.59 Å². The maximum absolute atomic E-state index is 11.9. The van der Waals surface area contributed by atoms with Crippen LogP contribution in [0.15, 0.2) is 33.1 Å². The van der Waals surface area contributed by atoms with Crippen LogP contribution in [0.2, 0.25) is 0 Å². The van der Waals surface area contributed by atoms with Gasteiger partial charge < -0.3 is 19.8 Å². The Morgan fingerprint density at radius 3 is 2.57 bits per heavy atom. The third-order valence-corrected chi connectivity index (χ3v) is 4.48. The van der Waals surface area contributed by atoms with Crippen molar-refractivity contribution in [3.63, 3.8) is 0 Å². The highest BCUT2D eigenvalue weighted by Crippen LogP contribution is 2.36. The lowest BCUT2D eigenvalue weighted by molar-refractivity contribution is -0.222. The van der Waals surface area contributed by atoms with Crippen molar-refractivity contribution in [3.8, 4) is 0 Å². The molecule has 1 aromatic carbocycles. The molecule has 1 aliphatic rings. The first-order valence-corrected chi connectivity index (χ1v) is 8.11. The fourth-order valence-electron chi connectivity index (χ4n) is 2.07. The van der Waals surface area contributed by atoms with Gasteiger partial charge in [0.15, 0.2) is 5.57 Å². The van der Waals surface area contributed by atoms with Gasteiger partial charge in [0.05, 0.1) is 22.0 Å². The molecule has 7 nitrogen and oxygen atoms in total. The van der Waals surface area contributed by atoms with Gasteiger partial charge in [-0.25, -0.2) is 14.6 Å². The molecule has 0 spiro atoms. The molecule has 120 valence electrons. The molecule has 2 N–H and O–H groups in total. The molecule has 1 aliphatic heterocycles. The van der Waals surface area contributed by atoms with Gasteiger partial charge in [0.1, 0.15) is 5.52 Å². The van der Waals surface area contributed by atoms with E-state index in [2.05, 4.69) is 47.1 Å². The standard InChI is InChI=1S/C14H11Br2N3O4/c1-14(2)22-12(20)6(13(21)23-14)4-17-10-7(15)3-8-11(9(10)16)19-5-18-8/h3-5,17H,1-2H3,(H,18,19). The number of H-pyrrole nitrogens is 1. The number of aromatic amines is 1. The number of nitrogens with zero attached hydrogens (tertiary/aromatic N) is 1. The van der Waals surface area contributed by atoms with Crippen molar-refractivity contribution in [2.75, 3.05) is 5.32 Å². The minimum atomic E-state index is -1.26. The number of ether oxygens (including phenoxy) is 2. The summed E-state index contributed by atoms with van der Waals surface area (Å²) in [7, 11) is 0. The highest BCUT2D eigenvalue weighted by molar-refractivity contribution is 9.11. The molecular weight excluding hydrogens is 434 g/mol. The number of halogens is 2. The summed E-state index contributed by atoms with van der Waals surface area (Å²) in [6.45, 7) is 2.98. The summed E-state index contributed by atoms with van der Waals surface area (Å²) in [5.74, 6) is -2.75. The summed E-state index contributed by atoms with van der Waals surface area (Å²) in [6, 6.07) is 1.83. The number of carbonyl (C=O) groups is 2. The second-order valence-corrected chi connectivity index (χ2v) is 6.87. The highest BCUT2D eigenvalue weighted by Gasteiger charge is 2.39. The molecule has 3 rings (SSSR count). The van der Waals surface area contributed by atoms with Gasteiger partial charge in [-0.2, -0.15) is 0 Å². The maximum atomic E-state index is 11.9. The van der Waals surface area contributed by atoms with Crippen LogP contribution in [-0.4, -0.2) is 27.7 Å². The van der Waals surface area contributed by atoms with Gasteiger partial charge in [0, 0.05) is 24.5 Å². The monoisotopic (exact) mass is 443 g/mol. The molecule has 0 atom stereocenters. The van der Waals surface area contributed by atoms with Crippen LogP contribution in [0.25, 0.3) is 11.0 Å². The van der Waals surface area contributed by atoms with Gasteiger partial charge in [-0.3, -0.25) is 0 Å². The minimum absolute atomic E-state index is 0.217. The number of hydrogen-bond acceptors (Lipinski definition) is 6. The lowest BCUT2D eigenvalue weighted by Gasteiger charge is -2.29. The quantitative estimate of drug-likeness (QED) is 0.419. The first kappa shape index (κ1) is 16.0.